The normalized spacial score (nSPS) is 10.0. The Kier molecular flexibility index (Phi) is 4.44. The van der Waals surface area contributed by atoms with Crippen LogP contribution in [-0.2, 0) is 0 Å². The van der Waals surface area contributed by atoms with Gasteiger partial charge < -0.3 is 17.3 Å². The summed E-state index contributed by atoms with van der Waals surface area (Å²) in [6.45, 7) is 0. The van der Waals surface area contributed by atoms with Crippen LogP contribution >= 0.6 is 0 Å². The summed E-state index contributed by atoms with van der Waals surface area (Å²) in [6, 6.07) is 0. The van der Waals surface area contributed by atoms with Crippen LogP contribution in [0.4, 0.5) is 17.3 Å². The summed E-state index contributed by atoms with van der Waals surface area (Å²) in [5.41, 5.74) is 0. The second-order valence-electron chi connectivity index (χ2n) is 0.495. The van der Waals surface area contributed by atoms with Crippen molar-refractivity contribution in [2.45, 2.75) is 0 Å². The zero-order valence-corrected chi connectivity index (χ0v) is 6.83. The van der Waals surface area contributed by atoms with E-state index in [1.165, 1.54) is 0 Å². The number of halogens is 4. The molecule has 0 aromatic carbocycles. The Morgan fingerprint density at radius 3 is 0.833 bits per heavy atom. The molecule has 6 heavy (non-hydrogen) atoms. The molecule has 0 amide bonds. The summed E-state index contributed by atoms with van der Waals surface area (Å²) in [5, 5.41) is 0. The zero-order valence-electron chi connectivity index (χ0n) is 2.80. The number of hydrogen-bond donors (Lipinski definition) is 0. The fourth-order valence-electron chi connectivity index (χ4n) is 0. The first-order chi connectivity index (χ1) is 2.00. The molecule has 0 radical (unpaired) electrons. The molecule has 0 aliphatic heterocycles. The van der Waals surface area contributed by atoms with Crippen LogP contribution < -0.4 is 0 Å². The van der Waals surface area contributed by atoms with Crippen molar-refractivity contribution in [3.63, 3.8) is 0 Å². The van der Waals surface area contributed by atoms with Crippen molar-refractivity contribution >= 4 is 31.7 Å². The molecule has 0 atom stereocenters. The van der Waals surface area contributed by atoms with Crippen LogP contribution in [-0.4, -0.2) is 31.7 Å². The number of hydrogen-bond acceptors (Lipinski definition) is 0. The van der Waals surface area contributed by atoms with Gasteiger partial charge in [0, 0.05) is 0 Å². The minimum atomic E-state index is -6.00. The van der Waals surface area contributed by atoms with Gasteiger partial charge in [-0.05, 0) is 0 Å². The summed E-state index contributed by atoms with van der Waals surface area (Å²) in [4.78, 5) is 0. The Hall–Kier alpha value is 0.603. The van der Waals surface area contributed by atoms with Gasteiger partial charge in [0.15, 0.2) is 0 Å². The Labute approximate surface area is 49.5 Å². The molecule has 0 aromatic heterocycles. The van der Waals surface area contributed by atoms with Gasteiger partial charge in [-0.1, -0.05) is 0 Å². The second kappa shape index (κ2) is 2.72. The first-order valence-corrected chi connectivity index (χ1v) is 0.873. The van der Waals surface area contributed by atoms with Crippen LogP contribution in [0.15, 0.2) is 0 Å². The van der Waals surface area contributed by atoms with E-state index in [0.717, 1.165) is 0 Å². The van der Waals surface area contributed by atoms with Gasteiger partial charge in [0.1, 0.15) is 0 Å². The quantitative estimate of drug-likeness (QED) is 0.394. The van der Waals surface area contributed by atoms with Crippen molar-refractivity contribution < 1.29 is 17.3 Å². The summed E-state index contributed by atoms with van der Waals surface area (Å²) < 4.78 is 39.0. The topological polar surface area (TPSA) is 0 Å². The monoisotopic (exact) mass is 211 g/mol. The molecular weight excluding hydrogens is 209 g/mol. The van der Waals surface area contributed by atoms with Gasteiger partial charge in [-0.2, -0.15) is 0 Å². The van der Waals surface area contributed by atoms with E-state index in [-0.39, 0.29) is 24.4 Å². The van der Waals surface area contributed by atoms with Crippen molar-refractivity contribution in [3.05, 3.63) is 0 Å². The fourth-order valence-corrected chi connectivity index (χ4v) is 0. The van der Waals surface area contributed by atoms with Crippen LogP contribution in [0.5, 0.6) is 0 Å². The van der Waals surface area contributed by atoms with E-state index in [1.54, 1.807) is 0 Å². The fraction of sp³-hybridized carbons (Fsp3) is 0. The first kappa shape index (κ1) is 9.78. The molecule has 0 rings (SSSR count). The van der Waals surface area contributed by atoms with Crippen molar-refractivity contribution in [2.24, 2.45) is 0 Å². The van der Waals surface area contributed by atoms with Crippen LogP contribution in [0.25, 0.3) is 0 Å². The molecule has 0 fully saturated rings. The molecule has 0 aromatic rings. The van der Waals surface area contributed by atoms with Gasteiger partial charge in [0.05, 0.1) is 0 Å². The molecule has 0 aliphatic rings. The third-order valence-corrected chi connectivity index (χ3v) is 0. The molecule has 6 heteroatoms. The number of rotatable bonds is 0. The molecule has 0 saturated carbocycles. The molecule has 40 valence electrons. The van der Waals surface area contributed by atoms with E-state index in [2.05, 4.69) is 0 Å². The summed E-state index contributed by atoms with van der Waals surface area (Å²) in [6.07, 6.45) is 0. The maximum absolute atomic E-state index is 9.75. The third-order valence-electron chi connectivity index (χ3n) is 0. The molecule has 0 N–H and O–H groups in total. The van der Waals surface area contributed by atoms with E-state index in [9.17, 15) is 17.3 Å². The predicted molar refractivity (Wildman–Crippen MR) is 20.1 cm³/mol. The maximum atomic E-state index is 9.75. The molecular formula is H3BF4Sb-. The van der Waals surface area contributed by atoms with E-state index in [0.29, 0.717) is 0 Å². The van der Waals surface area contributed by atoms with Crippen LogP contribution in [0.1, 0.15) is 0 Å². The minimum absolute atomic E-state index is 0. The van der Waals surface area contributed by atoms with Gasteiger partial charge in [0.2, 0.25) is 0 Å². The summed E-state index contributed by atoms with van der Waals surface area (Å²) in [5.74, 6) is 0. The predicted octanol–water partition coefficient (Wildman–Crippen LogP) is 0.116. The molecule has 0 nitrogen and oxygen atoms in total. The van der Waals surface area contributed by atoms with Gasteiger partial charge in [-0.15, -0.1) is 0 Å². The van der Waals surface area contributed by atoms with E-state index in [4.69, 9.17) is 0 Å². The van der Waals surface area contributed by atoms with Crippen molar-refractivity contribution in [2.75, 3.05) is 0 Å². The van der Waals surface area contributed by atoms with Crippen molar-refractivity contribution in [1.29, 1.82) is 0 Å². The Bertz CT molecular complexity index is 23.0. The van der Waals surface area contributed by atoms with Gasteiger partial charge in [-0.25, -0.2) is 0 Å². The average Bonchev–Trinajstić information content (AvgIpc) is 0.722. The van der Waals surface area contributed by atoms with E-state index < -0.39 is 7.25 Å². The molecule has 0 heterocycles. The van der Waals surface area contributed by atoms with Gasteiger partial charge in [-0.3, -0.25) is 0 Å². The third kappa shape index (κ3) is 164. The van der Waals surface area contributed by atoms with Crippen LogP contribution in [0.3, 0.4) is 0 Å². The zero-order chi connectivity index (χ0) is 4.50. The summed E-state index contributed by atoms with van der Waals surface area (Å²) in [7, 11) is -6.00. The molecule has 0 saturated heterocycles. The first-order valence-electron chi connectivity index (χ1n) is 0.873. The van der Waals surface area contributed by atoms with Crippen molar-refractivity contribution in [1.82, 2.24) is 0 Å². The Morgan fingerprint density at radius 2 is 0.833 bits per heavy atom. The van der Waals surface area contributed by atoms with Gasteiger partial charge in [0.25, 0.3) is 0 Å². The van der Waals surface area contributed by atoms with E-state index >= 15 is 0 Å². The van der Waals surface area contributed by atoms with Crippen molar-refractivity contribution in [3.8, 4) is 0 Å². The Morgan fingerprint density at radius 1 is 0.833 bits per heavy atom. The Balaban J connectivity index is 0. The van der Waals surface area contributed by atoms with Crippen LogP contribution in [0.2, 0.25) is 0 Å². The van der Waals surface area contributed by atoms with Crippen LogP contribution in [0, 0.1) is 0 Å². The summed E-state index contributed by atoms with van der Waals surface area (Å²) >= 11 is 0. The molecule has 0 aliphatic carbocycles. The SMILES string of the molecule is F[B-](F)(F)F.[SbH3]. The average molecular weight is 212 g/mol. The molecule has 0 unspecified atom stereocenters. The molecule has 0 spiro atoms. The van der Waals surface area contributed by atoms with Gasteiger partial charge >= 0.3 is 31.7 Å². The van der Waals surface area contributed by atoms with E-state index in [1.807, 2.05) is 0 Å². The molecule has 0 bridgehead atoms. The second-order valence-corrected chi connectivity index (χ2v) is 0.495. The standard InChI is InChI=1S/BF4.Sb.3H/c2-1(3,4)5;;;;/q-1;;;;.